The number of phenols is 1. The van der Waals surface area contributed by atoms with Crippen LogP contribution >= 0.6 is 11.3 Å². The molecule has 2 aromatic carbocycles. The first-order chi connectivity index (χ1) is 13.6. The monoisotopic (exact) mass is 391 g/mol. The number of carbonyl (C=O) groups excluding carboxylic acids is 2. The van der Waals surface area contributed by atoms with Crippen molar-refractivity contribution in [1.29, 1.82) is 0 Å². The molecule has 5 heteroatoms. The molecule has 1 aliphatic heterocycles. The Hall–Kier alpha value is -2.92. The molecule has 3 aromatic rings. The van der Waals surface area contributed by atoms with Crippen molar-refractivity contribution in [1.82, 2.24) is 4.90 Å². The number of rotatable bonds is 4. The van der Waals surface area contributed by atoms with Crippen molar-refractivity contribution in [3.05, 3.63) is 87.6 Å². The second-order valence-corrected chi connectivity index (χ2v) is 7.96. The van der Waals surface area contributed by atoms with Crippen molar-refractivity contribution in [2.75, 3.05) is 13.1 Å². The molecule has 4 rings (SSSR count). The molecule has 0 atom stereocenters. The van der Waals surface area contributed by atoms with E-state index in [1.165, 1.54) is 16.9 Å². The first kappa shape index (κ1) is 18.4. The van der Waals surface area contributed by atoms with Gasteiger partial charge in [-0.1, -0.05) is 36.4 Å². The van der Waals surface area contributed by atoms with Crippen molar-refractivity contribution >= 4 is 23.0 Å². The van der Waals surface area contributed by atoms with Crippen molar-refractivity contribution in [3.63, 3.8) is 0 Å². The fourth-order valence-electron chi connectivity index (χ4n) is 3.74. The van der Waals surface area contributed by atoms with Gasteiger partial charge in [0.15, 0.2) is 0 Å². The lowest BCUT2D eigenvalue weighted by molar-refractivity contribution is 0.0709. The minimum atomic E-state index is -0.0991. The van der Waals surface area contributed by atoms with Crippen molar-refractivity contribution < 1.29 is 14.7 Å². The third-order valence-electron chi connectivity index (χ3n) is 5.29. The molecule has 0 spiro atoms. The minimum absolute atomic E-state index is 0.0790. The summed E-state index contributed by atoms with van der Waals surface area (Å²) in [7, 11) is 0. The Kier molecular flexibility index (Phi) is 5.26. The van der Waals surface area contributed by atoms with Crippen LogP contribution in [0.3, 0.4) is 0 Å². The lowest BCUT2D eigenvalue weighted by Crippen LogP contribution is -2.38. The molecule has 0 saturated carbocycles. The van der Waals surface area contributed by atoms with E-state index in [1.54, 1.807) is 36.4 Å². The Balaban J connectivity index is 1.49. The number of carbonyl (C=O) groups is 2. The number of benzene rings is 2. The summed E-state index contributed by atoms with van der Waals surface area (Å²) in [5.74, 6) is 0.471. The van der Waals surface area contributed by atoms with Crippen molar-refractivity contribution in [2.45, 2.75) is 18.8 Å². The standard InChI is InChI=1S/C23H21NO3S/c25-18-9-7-16(8-10-18)17-11-13-24(14-12-17)23(27)20-5-2-1-4-19(20)22(26)21-6-3-15-28-21/h1-10,15,17,25H,11-14H2. The van der Waals surface area contributed by atoms with Crippen molar-refractivity contribution in [3.8, 4) is 5.75 Å². The van der Waals surface area contributed by atoms with Crippen LogP contribution in [0, 0.1) is 0 Å². The number of thiophene rings is 1. The van der Waals surface area contributed by atoms with Crippen LogP contribution in [0.25, 0.3) is 0 Å². The topological polar surface area (TPSA) is 57.6 Å². The highest BCUT2D eigenvalue weighted by Crippen LogP contribution is 2.30. The molecular weight excluding hydrogens is 370 g/mol. The molecule has 142 valence electrons. The fraction of sp³-hybridized carbons (Fsp3) is 0.217. The third-order valence-corrected chi connectivity index (χ3v) is 6.16. The maximum Gasteiger partial charge on any atom is 0.254 e. The average Bonchev–Trinajstić information content (AvgIpc) is 3.28. The van der Waals surface area contributed by atoms with Gasteiger partial charge in [0, 0.05) is 18.7 Å². The Morgan fingerprint density at radius 3 is 2.21 bits per heavy atom. The summed E-state index contributed by atoms with van der Waals surface area (Å²) in [6, 6.07) is 18.0. The predicted octanol–water partition coefficient (Wildman–Crippen LogP) is 4.70. The number of hydrogen-bond acceptors (Lipinski definition) is 4. The van der Waals surface area contributed by atoms with Crippen LogP contribution in [0.2, 0.25) is 0 Å². The molecule has 1 fully saturated rings. The van der Waals surface area contributed by atoms with Gasteiger partial charge in [-0.3, -0.25) is 9.59 Å². The molecule has 1 aromatic heterocycles. The number of ketones is 1. The van der Waals surface area contributed by atoms with Crippen LogP contribution in [0.1, 0.15) is 49.9 Å². The van der Waals surface area contributed by atoms with E-state index in [9.17, 15) is 14.7 Å². The zero-order valence-electron chi connectivity index (χ0n) is 15.4. The number of nitrogens with zero attached hydrogens (tertiary/aromatic N) is 1. The smallest absolute Gasteiger partial charge is 0.254 e. The van der Waals surface area contributed by atoms with Crippen LogP contribution in [0.5, 0.6) is 5.75 Å². The van der Waals surface area contributed by atoms with Gasteiger partial charge in [-0.15, -0.1) is 11.3 Å². The van der Waals surface area contributed by atoms with Crippen LogP contribution < -0.4 is 0 Å². The molecule has 0 bridgehead atoms. The van der Waals surface area contributed by atoms with E-state index < -0.39 is 0 Å². The largest absolute Gasteiger partial charge is 0.508 e. The maximum absolute atomic E-state index is 13.1. The molecule has 0 aliphatic carbocycles. The summed E-state index contributed by atoms with van der Waals surface area (Å²) in [5.41, 5.74) is 2.14. The Bertz CT molecular complexity index is 971. The van der Waals surface area contributed by atoms with E-state index in [1.807, 2.05) is 34.5 Å². The molecule has 2 heterocycles. The molecule has 1 aliphatic rings. The van der Waals surface area contributed by atoms with Gasteiger partial charge >= 0.3 is 0 Å². The molecule has 28 heavy (non-hydrogen) atoms. The van der Waals surface area contributed by atoms with Crippen molar-refractivity contribution in [2.24, 2.45) is 0 Å². The summed E-state index contributed by atoms with van der Waals surface area (Å²) >= 11 is 1.39. The highest BCUT2D eigenvalue weighted by atomic mass is 32.1. The number of amides is 1. The molecular formula is C23H21NO3S. The Morgan fingerprint density at radius 1 is 0.893 bits per heavy atom. The summed E-state index contributed by atoms with van der Waals surface area (Å²) in [6.45, 7) is 1.32. The minimum Gasteiger partial charge on any atom is -0.508 e. The van der Waals surface area contributed by atoms with E-state index in [-0.39, 0.29) is 17.4 Å². The highest BCUT2D eigenvalue weighted by molar-refractivity contribution is 7.12. The Morgan fingerprint density at radius 2 is 1.57 bits per heavy atom. The zero-order chi connectivity index (χ0) is 19.5. The third kappa shape index (κ3) is 3.71. The molecule has 1 saturated heterocycles. The van der Waals surface area contributed by atoms with Gasteiger partial charge in [-0.05, 0) is 54.0 Å². The van der Waals surface area contributed by atoms with Gasteiger partial charge in [0.1, 0.15) is 5.75 Å². The quantitative estimate of drug-likeness (QED) is 0.656. The van der Waals surface area contributed by atoms with E-state index in [4.69, 9.17) is 0 Å². The van der Waals surface area contributed by atoms with Crippen LogP contribution in [0.15, 0.2) is 66.0 Å². The fourth-order valence-corrected chi connectivity index (χ4v) is 4.42. The van der Waals surface area contributed by atoms with E-state index in [2.05, 4.69) is 0 Å². The summed E-state index contributed by atoms with van der Waals surface area (Å²) in [4.78, 5) is 28.4. The maximum atomic E-state index is 13.1. The number of hydrogen-bond donors (Lipinski definition) is 1. The van der Waals surface area contributed by atoms with Gasteiger partial charge < -0.3 is 10.0 Å². The Labute approximate surface area is 168 Å². The first-order valence-corrected chi connectivity index (χ1v) is 10.3. The summed E-state index contributed by atoms with van der Waals surface area (Å²) < 4.78 is 0. The summed E-state index contributed by atoms with van der Waals surface area (Å²) in [6.07, 6.45) is 1.75. The lowest BCUT2D eigenvalue weighted by Gasteiger charge is -2.32. The SMILES string of the molecule is O=C(c1cccs1)c1ccccc1C(=O)N1CCC(c2ccc(O)cc2)CC1. The van der Waals surface area contributed by atoms with Crippen LogP contribution in [0.4, 0.5) is 0 Å². The van der Waals surface area contributed by atoms with Gasteiger partial charge in [-0.25, -0.2) is 0 Å². The molecule has 0 unspecified atom stereocenters. The molecule has 4 nitrogen and oxygen atoms in total. The second-order valence-electron chi connectivity index (χ2n) is 7.01. The number of phenolic OH excluding ortho intramolecular Hbond substituents is 1. The van der Waals surface area contributed by atoms with Gasteiger partial charge in [0.2, 0.25) is 5.78 Å². The van der Waals surface area contributed by atoms with E-state index in [0.29, 0.717) is 35.0 Å². The van der Waals surface area contributed by atoms with Gasteiger partial charge in [-0.2, -0.15) is 0 Å². The van der Waals surface area contributed by atoms with Gasteiger partial charge in [0.05, 0.1) is 10.4 Å². The number of aromatic hydroxyl groups is 1. The highest BCUT2D eigenvalue weighted by Gasteiger charge is 2.27. The predicted molar refractivity (Wildman–Crippen MR) is 110 cm³/mol. The lowest BCUT2D eigenvalue weighted by atomic mass is 9.89. The van der Waals surface area contributed by atoms with E-state index in [0.717, 1.165) is 12.8 Å². The second kappa shape index (κ2) is 7.98. The van der Waals surface area contributed by atoms with Gasteiger partial charge in [0.25, 0.3) is 5.91 Å². The number of piperidine rings is 1. The van der Waals surface area contributed by atoms with Crippen LogP contribution in [-0.2, 0) is 0 Å². The first-order valence-electron chi connectivity index (χ1n) is 9.39. The zero-order valence-corrected chi connectivity index (χ0v) is 16.2. The normalized spacial score (nSPS) is 14.8. The molecule has 0 radical (unpaired) electrons. The molecule has 1 N–H and O–H groups in total. The van der Waals surface area contributed by atoms with Crippen LogP contribution in [-0.4, -0.2) is 34.8 Å². The average molecular weight is 391 g/mol. The molecule has 1 amide bonds. The summed E-state index contributed by atoms with van der Waals surface area (Å²) in [5, 5.41) is 11.3. The van der Waals surface area contributed by atoms with E-state index >= 15 is 0 Å². The number of likely N-dealkylation sites (tertiary alicyclic amines) is 1.